The summed E-state index contributed by atoms with van der Waals surface area (Å²) in [5, 5.41) is 3.16. The van der Waals surface area contributed by atoms with Crippen molar-refractivity contribution in [3.05, 3.63) is 33.1 Å². The van der Waals surface area contributed by atoms with Gasteiger partial charge in [0.2, 0.25) is 0 Å². The highest BCUT2D eigenvalue weighted by molar-refractivity contribution is 4.88. The van der Waals surface area contributed by atoms with E-state index in [1.165, 1.54) is 6.07 Å². The predicted molar refractivity (Wildman–Crippen MR) is 47.8 cm³/mol. The maximum atomic E-state index is 11.3. The van der Waals surface area contributed by atoms with Crippen LogP contribution in [-0.2, 0) is 0 Å². The van der Waals surface area contributed by atoms with Gasteiger partial charge in [-0.3, -0.25) is 14.3 Å². The summed E-state index contributed by atoms with van der Waals surface area (Å²) in [6, 6.07) is 1.56. The van der Waals surface area contributed by atoms with Crippen LogP contribution in [0.1, 0.15) is 12.5 Å². The average Bonchev–Trinajstić information content (AvgIpc) is 2.56. The Labute approximate surface area is 74.4 Å². The molecule has 0 unspecified atom stereocenters. The molecule has 2 rings (SSSR count). The van der Waals surface area contributed by atoms with E-state index in [0.29, 0.717) is 0 Å². The van der Waals surface area contributed by atoms with Crippen LogP contribution in [0.25, 0.3) is 0 Å². The monoisotopic (exact) mass is 181 g/mol. The normalized spacial score (nSPS) is 22.0. The number of nitrogens with zero attached hydrogens (tertiary/aromatic N) is 1. The number of hydrogen-bond acceptors (Lipinski definition) is 3. The van der Waals surface area contributed by atoms with Crippen LogP contribution in [0.2, 0.25) is 0 Å². The van der Waals surface area contributed by atoms with Crippen molar-refractivity contribution >= 4 is 0 Å². The van der Waals surface area contributed by atoms with Gasteiger partial charge in [0.15, 0.2) is 0 Å². The second-order valence-corrected chi connectivity index (χ2v) is 3.16. The molecule has 1 atom stereocenters. The van der Waals surface area contributed by atoms with E-state index in [1.807, 2.05) is 0 Å². The molecule has 2 N–H and O–H groups in total. The molecule has 0 amide bonds. The number of H-pyrrole nitrogens is 1. The van der Waals surface area contributed by atoms with Crippen molar-refractivity contribution in [2.24, 2.45) is 0 Å². The van der Waals surface area contributed by atoms with E-state index in [2.05, 4.69) is 10.3 Å². The van der Waals surface area contributed by atoms with Crippen LogP contribution in [0.5, 0.6) is 0 Å². The molecule has 2 heterocycles. The van der Waals surface area contributed by atoms with E-state index in [9.17, 15) is 9.59 Å². The van der Waals surface area contributed by atoms with Crippen LogP contribution in [-0.4, -0.2) is 22.6 Å². The van der Waals surface area contributed by atoms with E-state index >= 15 is 0 Å². The van der Waals surface area contributed by atoms with E-state index in [0.717, 1.165) is 19.5 Å². The molecule has 0 aromatic carbocycles. The summed E-state index contributed by atoms with van der Waals surface area (Å²) < 4.78 is 1.57. The molecule has 1 saturated heterocycles. The van der Waals surface area contributed by atoms with Crippen LogP contribution in [0.15, 0.2) is 21.9 Å². The third-order valence-electron chi connectivity index (χ3n) is 2.28. The third kappa shape index (κ3) is 1.55. The summed E-state index contributed by atoms with van der Waals surface area (Å²) in [7, 11) is 0. The number of aromatic nitrogens is 2. The predicted octanol–water partition coefficient (Wildman–Crippen LogP) is -0.929. The van der Waals surface area contributed by atoms with E-state index in [-0.39, 0.29) is 17.3 Å². The van der Waals surface area contributed by atoms with Crippen LogP contribution in [0, 0.1) is 0 Å². The Morgan fingerprint density at radius 1 is 1.46 bits per heavy atom. The zero-order chi connectivity index (χ0) is 9.26. The second-order valence-electron chi connectivity index (χ2n) is 3.16. The summed E-state index contributed by atoms with van der Waals surface area (Å²) in [5.74, 6) is 0. The number of hydrogen-bond donors (Lipinski definition) is 2. The lowest BCUT2D eigenvalue weighted by atomic mass is 10.2. The molecule has 1 fully saturated rings. The van der Waals surface area contributed by atoms with Crippen molar-refractivity contribution in [2.45, 2.75) is 12.5 Å². The molecule has 0 radical (unpaired) electrons. The summed E-state index contributed by atoms with van der Waals surface area (Å²) >= 11 is 0. The summed E-state index contributed by atoms with van der Waals surface area (Å²) in [5.41, 5.74) is -0.659. The minimum Gasteiger partial charge on any atom is -0.315 e. The van der Waals surface area contributed by atoms with Crippen molar-refractivity contribution in [3.63, 3.8) is 0 Å². The van der Waals surface area contributed by atoms with Crippen LogP contribution in [0.4, 0.5) is 0 Å². The highest BCUT2D eigenvalue weighted by Gasteiger charge is 2.16. The fraction of sp³-hybridized carbons (Fsp3) is 0.500. The first kappa shape index (κ1) is 8.25. The molecule has 0 saturated carbocycles. The lowest BCUT2D eigenvalue weighted by Gasteiger charge is -2.10. The molecular weight excluding hydrogens is 170 g/mol. The number of aromatic amines is 1. The zero-order valence-corrected chi connectivity index (χ0v) is 7.12. The molecule has 0 bridgehead atoms. The lowest BCUT2D eigenvalue weighted by molar-refractivity contribution is 0.516. The molecular formula is C8H11N3O2. The molecule has 13 heavy (non-hydrogen) atoms. The Bertz CT molecular complexity index is 400. The SMILES string of the molecule is O=c1ccn([C@H]2CCNC2)c(=O)[nH]1. The van der Waals surface area contributed by atoms with Gasteiger partial charge in [0.05, 0.1) is 6.04 Å². The maximum absolute atomic E-state index is 11.3. The fourth-order valence-electron chi connectivity index (χ4n) is 1.59. The molecule has 1 aliphatic heterocycles. The Hall–Kier alpha value is -1.36. The van der Waals surface area contributed by atoms with Gasteiger partial charge >= 0.3 is 5.69 Å². The lowest BCUT2D eigenvalue weighted by Crippen LogP contribution is -2.32. The third-order valence-corrected chi connectivity index (χ3v) is 2.28. The minimum atomic E-state index is -0.341. The van der Waals surface area contributed by atoms with E-state index < -0.39 is 0 Å². The van der Waals surface area contributed by atoms with Gasteiger partial charge in [-0.1, -0.05) is 0 Å². The van der Waals surface area contributed by atoms with Gasteiger partial charge in [-0.05, 0) is 13.0 Å². The summed E-state index contributed by atoms with van der Waals surface area (Å²) in [6.45, 7) is 1.72. The van der Waals surface area contributed by atoms with Gasteiger partial charge in [-0.25, -0.2) is 4.79 Å². The topological polar surface area (TPSA) is 66.9 Å². The molecule has 5 nitrogen and oxygen atoms in total. The Morgan fingerprint density at radius 3 is 2.92 bits per heavy atom. The second kappa shape index (κ2) is 3.18. The van der Waals surface area contributed by atoms with Crippen LogP contribution in [0.3, 0.4) is 0 Å². The van der Waals surface area contributed by atoms with Crippen molar-refractivity contribution in [2.75, 3.05) is 13.1 Å². The van der Waals surface area contributed by atoms with Gasteiger partial charge in [0, 0.05) is 18.8 Å². The smallest absolute Gasteiger partial charge is 0.315 e. The van der Waals surface area contributed by atoms with Gasteiger partial charge in [0.25, 0.3) is 5.56 Å². The first-order valence-electron chi connectivity index (χ1n) is 4.29. The maximum Gasteiger partial charge on any atom is 0.328 e. The van der Waals surface area contributed by atoms with Crippen molar-refractivity contribution < 1.29 is 0 Å². The fourth-order valence-corrected chi connectivity index (χ4v) is 1.59. The first-order chi connectivity index (χ1) is 6.27. The minimum absolute atomic E-state index is 0.185. The van der Waals surface area contributed by atoms with Crippen molar-refractivity contribution in [1.29, 1.82) is 0 Å². The van der Waals surface area contributed by atoms with Crippen LogP contribution >= 0.6 is 0 Å². The highest BCUT2D eigenvalue weighted by atomic mass is 16.2. The van der Waals surface area contributed by atoms with Gasteiger partial charge in [-0.2, -0.15) is 0 Å². The molecule has 1 aliphatic rings. The van der Waals surface area contributed by atoms with Gasteiger partial charge in [0.1, 0.15) is 0 Å². The first-order valence-corrected chi connectivity index (χ1v) is 4.29. The highest BCUT2D eigenvalue weighted by Crippen LogP contribution is 2.10. The largest absolute Gasteiger partial charge is 0.328 e. The average molecular weight is 181 g/mol. The summed E-state index contributed by atoms with van der Waals surface area (Å²) in [6.07, 6.45) is 2.49. The molecule has 0 aliphatic carbocycles. The van der Waals surface area contributed by atoms with Crippen molar-refractivity contribution in [1.82, 2.24) is 14.9 Å². The molecule has 1 aromatic heterocycles. The zero-order valence-electron chi connectivity index (χ0n) is 7.12. The number of nitrogens with one attached hydrogen (secondary N) is 2. The quantitative estimate of drug-likeness (QED) is 0.588. The standard InChI is InChI=1S/C8H11N3O2/c12-7-2-4-11(8(13)10-7)6-1-3-9-5-6/h2,4,6,9H,1,3,5H2,(H,10,12,13)/t6-/m0/s1. The van der Waals surface area contributed by atoms with E-state index in [4.69, 9.17) is 0 Å². The van der Waals surface area contributed by atoms with Gasteiger partial charge < -0.3 is 5.32 Å². The molecule has 0 spiro atoms. The molecule has 70 valence electrons. The Balaban J connectivity index is 2.40. The molecule has 1 aromatic rings. The van der Waals surface area contributed by atoms with Crippen molar-refractivity contribution in [3.8, 4) is 0 Å². The van der Waals surface area contributed by atoms with Gasteiger partial charge in [-0.15, -0.1) is 0 Å². The van der Waals surface area contributed by atoms with Crippen LogP contribution < -0.4 is 16.6 Å². The Morgan fingerprint density at radius 2 is 2.31 bits per heavy atom. The number of rotatable bonds is 1. The molecule has 5 heteroatoms. The Kier molecular flexibility index (Phi) is 2.02. The summed E-state index contributed by atoms with van der Waals surface area (Å²) in [4.78, 5) is 24.3. The van der Waals surface area contributed by atoms with E-state index in [1.54, 1.807) is 10.8 Å².